The third-order valence-electron chi connectivity index (χ3n) is 4.57. The van der Waals surface area contributed by atoms with Crippen molar-refractivity contribution in [1.29, 1.82) is 0 Å². The third-order valence-corrected chi connectivity index (χ3v) is 5.60. The number of likely N-dealkylation sites (tertiary alicyclic amines) is 1. The Morgan fingerprint density at radius 1 is 1.41 bits per heavy atom. The lowest BCUT2D eigenvalue weighted by Gasteiger charge is -2.20. The van der Waals surface area contributed by atoms with E-state index in [9.17, 15) is 9.59 Å². The summed E-state index contributed by atoms with van der Waals surface area (Å²) in [6.45, 7) is 6.73. The molecule has 1 fully saturated rings. The zero-order valence-electron chi connectivity index (χ0n) is 13.4. The predicted octanol–water partition coefficient (Wildman–Crippen LogP) is 2.46. The fourth-order valence-electron chi connectivity index (χ4n) is 3.21. The van der Waals surface area contributed by atoms with Crippen molar-refractivity contribution in [2.45, 2.75) is 52.5 Å². The highest BCUT2D eigenvalue weighted by Gasteiger charge is 2.35. The minimum absolute atomic E-state index is 0.0717. The number of aryl methyl sites for hydroxylation is 1. The first-order valence-electron chi connectivity index (χ1n) is 8.03. The SMILES string of the molecule is CC(C)N1C[C@H](C(=O)Nc2nc3c(s2)C[C@H](C)CC3)CC1=O. The van der Waals surface area contributed by atoms with Crippen LogP contribution in [0.25, 0.3) is 0 Å². The number of carbonyl (C=O) groups is 2. The van der Waals surface area contributed by atoms with E-state index in [0.717, 1.165) is 18.5 Å². The number of nitrogens with one attached hydrogen (secondary N) is 1. The molecule has 0 bridgehead atoms. The van der Waals surface area contributed by atoms with Gasteiger partial charge in [-0.2, -0.15) is 0 Å². The van der Waals surface area contributed by atoms with Gasteiger partial charge in [-0.25, -0.2) is 4.98 Å². The normalized spacial score (nSPS) is 24.7. The average molecular weight is 321 g/mol. The van der Waals surface area contributed by atoms with Gasteiger partial charge in [-0.05, 0) is 39.0 Å². The van der Waals surface area contributed by atoms with Crippen LogP contribution in [0.2, 0.25) is 0 Å². The number of aromatic nitrogens is 1. The Bertz CT molecular complexity index is 596. The maximum absolute atomic E-state index is 12.4. The number of hydrogen-bond donors (Lipinski definition) is 1. The summed E-state index contributed by atoms with van der Waals surface area (Å²) in [5.74, 6) is 0.441. The highest BCUT2D eigenvalue weighted by molar-refractivity contribution is 7.15. The van der Waals surface area contributed by atoms with Gasteiger partial charge in [0.1, 0.15) is 0 Å². The lowest BCUT2D eigenvalue weighted by Crippen LogP contribution is -2.33. The van der Waals surface area contributed by atoms with Gasteiger partial charge in [0.25, 0.3) is 0 Å². The molecule has 5 nitrogen and oxygen atoms in total. The summed E-state index contributed by atoms with van der Waals surface area (Å²) in [6.07, 6.45) is 3.55. The van der Waals surface area contributed by atoms with Crippen molar-refractivity contribution in [3.05, 3.63) is 10.6 Å². The van der Waals surface area contributed by atoms with Crippen LogP contribution in [0.15, 0.2) is 0 Å². The minimum Gasteiger partial charge on any atom is -0.339 e. The van der Waals surface area contributed by atoms with Crippen LogP contribution in [-0.4, -0.2) is 34.3 Å². The van der Waals surface area contributed by atoms with E-state index in [1.807, 2.05) is 13.8 Å². The van der Waals surface area contributed by atoms with Gasteiger partial charge in [0.2, 0.25) is 11.8 Å². The Labute approximate surface area is 135 Å². The van der Waals surface area contributed by atoms with Gasteiger partial charge < -0.3 is 10.2 Å². The zero-order valence-corrected chi connectivity index (χ0v) is 14.2. The molecule has 22 heavy (non-hydrogen) atoms. The fourth-order valence-corrected chi connectivity index (χ4v) is 4.38. The number of amides is 2. The van der Waals surface area contributed by atoms with E-state index >= 15 is 0 Å². The molecular weight excluding hydrogens is 298 g/mol. The number of fused-ring (bicyclic) bond motifs is 1. The molecule has 0 aromatic carbocycles. The molecule has 1 N–H and O–H groups in total. The van der Waals surface area contributed by atoms with Gasteiger partial charge in [0, 0.05) is 23.9 Å². The van der Waals surface area contributed by atoms with Crippen molar-refractivity contribution in [2.24, 2.45) is 11.8 Å². The van der Waals surface area contributed by atoms with Crippen LogP contribution in [-0.2, 0) is 22.4 Å². The predicted molar refractivity (Wildman–Crippen MR) is 86.9 cm³/mol. The maximum Gasteiger partial charge on any atom is 0.231 e. The molecule has 2 atom stereocenters. The molecule has 1 aromatic rings. The van der Waals surface area contributed by atoms with Crippen LogP contribution in [0.3, 0.4) is 0 Å². The maximum atomic E-state index is 12.4. The molecular formula is C16H23N3O2S. The second kappa shape index (κ2) is 5.99. The summed E-state index contributed by atoms with van der Waals surface area (Å²) in [7, 11) is 0. The van der Waals surface area contributed by atoms with Gasteiger partial charge in [0.15, 0.2) is 5.13 Å². The van der Waals surface area contributed by atoms with Gasteiger partial charge in [-0.1, -0.05) is 6.92 Å². The summed E-state index contributed by atoms with van der Waals surface area (Å²) in [5, 5.41) is 3.62. The number of nitrogens with zero attached hydrogens (tertiary/aromatic N) is 2. The van der Waals surface area contributed by atoms with Gasteiger partial charge >= 0.3 is 0 Å². The molecule has 2 heterocycles. The van der Waals surface area contributed by atoms with Crippen LogP contribution in [0.1, 0.15) is 44.2 Å². The summed E-state index contributed by atoms with van der Waals surface area (Å²) in [4.78, 5) is 31.9. The van der Waals surface area contributed by atoms with Crippen LogP contribution in [0.5, 0.6) is 0 Å². The second-order valence-electron chi connectivity index (χ2n) is 6.77. The van der Waals surface area contributed by atoms with E-state index in [2.05, 4.69) is 17.2 Å². The average Bonchev–Trinajstić information content (AvgIpc) is 3.01. The highest BCUT2D eigenvalue weighted by atomic mass is 32.1. The molecule has 120 valence electrons. The molecule has 0 saturated carbocycles. The quantitative estimate of drug-likeness (QED) is 0.930. The summed E-state index contributed by atoms with van der Waals surface area (Å²) >= 11 is 1.59. The largest absolute Gasteiger partial charge is 0.339 e. The second-order valence-corrected chi connectivity index (χ2v) is 7.85. The number of anilines is 1. The Kier molecular flexibility index (Phi) is 4.21. The third kappa shape index (κ3) is 3.02. The summed E-state index contributed by atoms with van der Waals surface area (Å²) < 4.78 is 0. The van der Waals surface area contributed by atoms with E-state index in [1.165, 1.54) is 11.3 Å². The van der Waals surface area contributed by atoms with Crippen molar-refractivity contribution < 1.29 is 9.59 Å². The minimum atomic E-state index is -0.255. The van der Waals surface area contributed by atoms with E-state index in [-0.39, 0.29) is 23.8 Å². The topological polar surface area (TPSA) is 62.3 Å². The van der Waals surface area contributed by atoms with Crippen molar-refractivity contribution >= 4 is 28.3 Å². The van der Waals surface area contributed by atoms with E-state index in [0.29, 0.717) is 24.0 Å². The Morgan fingerprint density at radius 3 is 2.86 bits per heavy atom. The smallest absolute Gasteiger partial charge is 0.231 e. The monoisotopic (exact) mass is 321 g/mol. The van der Waals surface area contributed by atoms with Crippen LogP contribution in [0.4, 0.5) is 5.13 Å². The number of thiazole rings is 1. The molecule has 1 aliphatic heterocycles. The first-order valence-corrected chi connectivity index (χ1v) is 8.84. The zero-order chi connectivity index (χ0) is 15.9. The van der Waals surface area contributed by atoms with Gasteiger partial charge in [-0.3, -0.25) is 9.59 Å². The Hall–Kier alpha value is -1.43. The lowest BCUT2D eigenvalue weighted by molar-refractivity contribution is -0.129. The highest BCUT2D eigenvalue weighted by Crippen LogP contribution is 2.32. The molecule has 2 amide bonds. The van der Waals surface area contributed by atoms with Gasteiger partial charge in [0.05, 0.1) is 11.6 Å². The fraction of sp³-hybridized carbons (Fsp3) is 0.688. The molecule has 0 unspecified atom stereocenters. The van der Waals surface area contributed by atoms with Gasteiger partial charge in [-0.15, -0.1) is 11.3 Å². The molecule has 1 saturated heterocycles. The van der Waals surface area contributed by atoms with E-state index < -0.39 is 0 Å². The van der Waals surface area contributed by atoms with Crippen molar-refractivity contribution in [1.82, 2.24) is 9.88 Å². The lowest BCUT2D eigenvalue weighted by atomic mass is 9.93. The van der Waals surface area contributed by atoms with Crippen LogP contribution >= 0.6 is 11.3 Å². The van der Waals surface area contributed by atoms with Crippen molar-refractivity contribution in [3.8, 4) is 0 Å². The molecule has 1 aliphatic carbocycles. The summed E-state index contributed by atoms with van der Waals surface area (Å²) in [6, 6.07) is 0.152. The first kappa shape index (κ1) is 15.5. The Balaban J connectivity index is 1.64. The standard InChI is InChI=1S/C16H23N3O2S/c1-9(2)19-8-11(7-14(19)20)15(21)18-16-17-12-5-4-10(3)6-13(12)22-16/h9-11H,4-8H2,1-3H3,(H,17,18,21)/t10-,11-/m1/s1. The molecule has 3 rings (SSSR count). The molecule has 0 radical (unpaired) electrons. The van der Waals surface area contributed by atoms with Crippen LogP contribution in [0, 0.1) is 11.8 Å². The Morgan fingerprint density at radius 2 is 2.18 bits per heavy atom. The molecule has 2 aliphatic rings. The molecule has 0 spiro atoms. The van der Waals surface area contributed by atoms with Crippen molar-refractivity contribution in [3.63, 3.8) is 0 Å². The van der Waals surface area contributed by atoms with E-state index in [1.54, 1.807) is 16.2 Å². The number of rotatable bonds is 3. The van der Waals surface area contributed by atoms with Crippen LogP contribution < -0.4 is 5.32 Å². The van der Waals surface area contributed by atoms with E-state index in [4.69, 9.17) is 0 Å². The number of hydrogen-bond acceptors (Lipinski definition) is 4. The molecule has 6 heteroatoms. The molecule has 1 aromatic heterocycles. The van der Waals surface area contributed by atoms with Crippen molar-refractivity contribution in [2.75, 3.05) is 11.9 Å². The first-order chi connectivity index (χ1) is 10.4. The number of carbonyl (C=O) groups excluding carboxylic acids is 2. The summed E-state index contributed by atoms with van der Waals surface area (Å²) in [5.41, 5.74) is 1.14.